The van der Waals surface area contributed by atoms with Crippen molar-refractivity contribution in [3.8, 4) is 0 Å². The predicted octanol–water partition coefficient (Wildman–Crippen LogP) is 13.9. The molecule has 0 spiro atoms. The number of aliphatic hydroxyl groups excluding tert-OH is 3. The van der Waals surface area contributed by atoms with Crippen molar-refractivity contribution in [3.05, 3.63) is 36.5 Å². The first kappa shape index (κ1) is 52.6. The lowest BCUT2D eigenvalue weighted by Gasteiger charge is -2.26. The van der Waals surface area contributed by atoms with Crippen LogP contribution < -0.4 is 5.32 Å². The number of hydrogen-bond donors (Lipinski definition) is 4. The summed E-state index contributed by atoms with van der Waals surface area (Å²) < 4.78 is 0. The molecule has 0 bridgehead atoms. The average Bonchev–Trinajstić information content (AvgIpc) is 3.18. The molecule has 3 atom stereocenters. The minimum atomic E-state index is -1.16. The molecule has 3 unspecified atom stereocenters. The van der Waals surface area contributed by atoms with Gasteiger partial charge in [-0.05, 0) is 70.6 Å². The summed E-state index contributed by atoms with van der Waals surface area (Å²) in [5.74, 6) is -0.156. The number of allylic oxidation sites excluding steroid dienone is 6. The van der Waals surface area contributed by atoms with Gasteiger partial charge in [0.25, 0.3) is 0 Å². The van der Waals surface area contributed by atoms with Crippen molar-refractivity contribution < 1.29 is 20.1 Å². The average molecular weight is 760 g/mol. The Bertz CT molecular complexity index is 840. The minimum Gasteiger partial charge on any atom is -0.394 e. The summed E-state index contributed by atoms with van der Waals surface area (Å²) >= 11 is 0. The molecule has 1 amide bonds. The molecule has 0 aliphatic rings. The predicted molar refractivity (Wildman–Crippen MR) is 236 cm³/mol. The molecule has 0 radical (unpaired) electrons. The van der Waals surface area contributed by atoms with Gasteiger partial charge in [0.2, 0.25) is 5.91 Å². The van der Waals surface area contributed by atoms with Crippen LogP contribution in [0.15, 0.2) is 36.5 Å². The number of nitrogens with one attached hydrogen (secondary N) is 1. The van der Waals surface area contributed by atoms with Gasteiger partial charge in [-0.2, -0.15) is 0 Å². The molecule has 0 fully saturated rings. The van der Waals surface area contributed by atoms with Gasteiger partial charge in [0.05, 0.1) is 18.8 Å². The molecule has 0 aliphatic carbocycles. The van der Waals surface area contributed by atoms with E-state index in [1.54, 1.807) is 0 Å². The standard InChI is InChI=1S/C49H93NO4/c1-3-5-7-9-11-13-15-17-18-19-20-21-22-23-24-25-26-27-28-29-30-32-34-36-38-40-42-44-48(53)50-46(45-51)49(54)47(52)43-41-39-37-35-33-31-16-14-12-10-8-6-4-2/h20-21,23-24,35,37,46-47,49,51-52,54H,3-19,22,25-34,36,38-45H2,1-2H3,(H,50,53)/b21-20-,24-23-,37-35+. The smallest absolute Gasteiger partial charge is 0.220 e. The highest BCUT2D eigenvalue weighted by molar-refractivity contribution is 5.76. The fourth-order valence-electron chi connectivity index (χ4n) is 7.25. The maximum atomic E-state index is 12.4. The SMILES string of the molecule is CCCCCCCCCC/C=C/CCCC(O)C(O)C(CO)NC(=O)CCCCCCCCCCCCC/C=C\C/C=C\CCCCCCCCCCC. The van der Waals surface area contributed by atoms with Crippen molar-refractivity contribution in [3.63, 3.8) is 0 Å². The molecule has 4 N–H and O–H groups in total. The second kappa shape index (κ2) is 44.3. The van der Waals surface area contributed by atoms with Crippen LogP contribution in [0.25, 0.3) is 0 Å². The highest BCUT2D eigenvalue weighted by atomic mass is 16.3. The van der Waals surface area contributed by atoms with Crippen molar-refractivity contribution in [2.24, 2.45) is 0 Å². The molecular formula is C49H93NO4. The molecule has 0 saturated heterocycles. The molecular weight excluding hydrogens is 667 g/mol. The Hall–Kier alpha value is -1.43. The number of carbonyl (C=O) groups excluding carboxylic acids is 1. The number of aliphatic hydroxyl groups is 3. The highest BCUT2D eigenvalue weighted by Crippen LogP contribution is 2.15. The van der Waals surface area contributed by atoms with E-state index in [1.165, 1.54) is 173 Å². The third-order valence-corrected chi connectivity index (χ3v) is 11.0. The zero-order chi connectivity index (χ0) is 39.4. The molecule has 5 heteroatoms. The Balaban J connectivity index is 3.60. The Labute approximate surface area is 336 Å². The van der Waals surface area contributed by atoms with Crippen molar-refractivity contribution in [2.45, 2.75) is 263 Å². The fourth-order valence-corrected chi connectivity index (χ4v) is 7.25. The van der Waals surface area contributed by atoms with Gasteiger partial charge in [-0.1, -0.05) is 204 Å². The van der Waals surface area contributed by atoms with Gasteiger partial charge in [-0.15, -0.1) is 0 Å². The molecule has 5 nitrogen and oxygen atoms in total. The third kappa shape index (κ3) is 38.8. The lowest BCUT2D eigenvalue weighted by molar-refractivity contribution is -0.124. The molecule has 0 saturated carbocycles. The summed E-state index contributed by atoms with van der Waals surface area (Å²) in [5.41, 5.74) is 0. The summed E-state index contributed by atoms with van der Waals surface area (Å²) in [6, 6.07) is -0.826. The number of amides is 1. The largest absolute Gasteiger partial charge is 0.394 e. The van der Waals surface area contributed by atoms with E-state index in [9.17, 15) is 20.1 Å². The van der Waals surface area contributed by atoms with Crippen LogP contribution >= 0.6 is 0 Å². The van der Waals surface area contributed by atoms with Gasteiger partial charge in [0, 0.05) is 6.42 Å². The van der Waals surface area contributed by atoms with Gasteiger partial charge in [0.15, 0.2) is 0 Å². The van der Waals surface area contributed by atoms with Gasteiger partial charge >= 0.3 is 0 Å². The van der Waals surface area contributed by atoms with Crippen molar-refractivity contribution in [1.29, 1.82) is 0 Å². The van der Waals surface area contributed by atoms with Crippen LogP contribution in [0, 0.1) is 0 Å². The Morgan fingerprint density at radius 1 is 0.463 bits per heavy atom. The molecule has 0 aliphatic heterocycles. The molecule has 0 aromatic carbocycles. The molecule has 0 heterocycles. The van der Waals surface area contributed by atoms with Crippen LogP contribution in [0.2, 0.25) is 0 Å². The van der Waals surface area contributed by atoms with Gasteiger partial charge < -0.3 is 20.6 Å². The highest BCUT2D eigenvalue weighted by Gasteiger charge is 2.26. The van der Waals surface area contributed by atoms with E-state index in [0.29, 0.717) is 12.8 Å². The molecule has 318 valence electrons. The first-order valence-corrected chi connectivity index (χ1v) is 23.8. The van der Waals surface area contributed by atoms with Crippen LogP contribution in [-0.2, 0) is 4.79 Å². The second-order valence-corrected chi connectivity index (χ2v) is 16.3. The van der Waals surface area contributed by atoms with Crippen molar-refractivity contribution in [1.82, 2.24) is 5.32 Å². The Kier molecular flexibility index (Phi) is 43.1. The maximum absolute atomic E-state index is 12.4. The van der Waals surface area contributed by atoms with Crippen LogP contribution in [0.5, 0.6) is 0 Å². The summed E-state index contributed by atoms with van der Waals surface area (Å²) in [4.78, 5) is 12.4. The first-order chi connectivity index (χ1) is 26.6. The summed E-state index contributed by atoms with van der Waals surface area (Å²) in [6.07, 6.45) is 55.6. The molecule has 0 rings (SSSR count). The van der Waals surface area contributed by atoms with E-state index in [0.717, 1.165) is 44.9 Å². The van der Waals surface area contributed by atoms with E-state index in [-0.39, 0.29) is 12.5 Å². The maximum Gasteiger partial charge on any atom is 0.220 e. The lowest BCUT2D eigenvalue weighted by Crippen LogP contribution is -2.50. The quantitative estimate of drug-likeness (QED) is 0.0368. The summed E-state index contributed by atoms with van der Waals surface area (Å²) in [7, 11) is 0. The van der Waals surface area contributed by atoms with E-state index >= 15 is 0 Å². The van der Waals surface area contributed by atoms with Crippen LogP contribution in [-0.4, -0.2) is 46.1 Å². The van der Waals surface area contributed by atoms with Crippen LogP contribution in [0.4, 0.5) is 0 Å². The fraction of sp³-hybridized carbons (Fsp3) is 0.857. The first-order valence-electron chi connectivity index (χ1n) is 23.8. The zero-order valence-electron chi connectivity index (χ0n) is 36.1. The normalized spacial score (nSPS) is 13.8. The second-order valence-electron chi connectivity index (χ2n) is 16.3. The molecule has 54 heavy (non-hydrogen) atoms. The number of hydrogen-bond acceptors (Lipinski definition) is 4. The van der Waals surface area contributed by atoms with Gasteiger partial charge in [0.1, 0.15) is 6.10 Å². The minimum absolute atomic E-state index is 0.156. The van der Waals surface area contributed by atoms with E-state index in [1.807, 2.05) is 0 Å². The summed E-state index contributed by atoms with van der Waals surface area (Å²) in [6.45, 7) is 4.16. The third-order valence-electron chi connectivity index (χ3n) is 11.0. The molecule has 0 aromatic rings. The van der Waals surface area contributed by atoms with Crippen LogP contribution in [0.3, 0.4) is 0 Å². The molecule has 0 aromatic heterocycles. The van der Waals surface area contributed by atoms with Crippen molar-refractivity contribution >= 4 is 5.91 Å². The van der Waals surface area contributed by atoms with Crippen LogP contribution in [0.1, 0.15) is 245 Å². The van der Waals surface area contributed by atoms with Gasteiger partial charge in [-0.3, -0.25) is 4.79 Å². The zero-order valence-corrected chi connectivity index (χ0v) is 36.1. The summed E-state index contributed by atoms with van der Waals surface area (Å²) in [5, 5.41) is 33.5. The monoisotopic (exact) mass is 760 g/mol. The number of unbranched alkanes of at least 4 members (excludes halogenated alkanes) is 29. The van der Waals surface area contributed by atoms with E-state index < -0.39 is 18.2 Å². The number of carbonyl (C=O) groups is 1. The lowest BCUT2D eigenvalue weighted by atomic mass is 10.0. The topological polar surface area (TPSA) is 89.8 Å². The van der Waals surface area contributed by atoms with E-state index in [4.69, 9.17) is 0 Å². The Morgan fingerprint density at radius 3 is 1.19 bits per heavy atom. The number of rotatable bonds is 43. The van der Waals surface area contributed by atoms with Gasteiger partial charge in [-0.25, -0.2) is 0 Å². The Morgan fingerprint density at radius 2 is 0.796 bits per heavy atom. The van der Waals surface area contributed by atoms with E-state index in [2.05, 4.69) is 55.6 Å². The van der Waals surface area contributed by atoms with Crippen molar-refractivity contribution in [2.75, 3.05) is 6.61 Å².